The molecule has 4 rings (SSSR count). The number of piperidine rings is 1. The van der Waals surface area contributed by atoms with E-state index in [1.54, 1.807) is 12.1 Å². The van der Waals surface area contributed by atoms with Crippen molar-refractivity contribution >= 4 is 5.95 Å². The van der Waals surface area contributed by atoms with Crippen LogP contribution in [0.1, 0.15) is 67.3 Å². The van der Waals surface area contributed by atoms with Gasteiger partial charge in [-0.25, -0.2) is 14.4 Å². The summed E-state index contributed by atoms with van der Waals surface area (Å²) in [6, 6.07) is 10.1. The first-order valence-electron chi connectivity index (χ1n) is 12.0. The van der Waals surface area contributed by atoms with Crippen LogP contribution in [-0.4, -0.2) is 28.0 Å². The number of nitrogens with zero attached hydrogens (tertiary/aromatic N) is 5. The van der Waals surface area contributed by atoms with Gasteiger partial charge in [-0.05, 0) is 60.9 Å². The Hall–Kier alpha value is -3.53. The molecule has 176 valence electrons. The normalized spacial score (nSPS) is 14.1. The fourth-order valence-electron chi connectivity index (χ4n) is 4.23. The van der Waals surface area contributed by atoms with E-state index < -0.39 is 5.82 Å². The highest BCUT2D eigenvalue weighted by atomic mass is 19.1. The van der Waals surface area contributed by atoms with E-state index in [1.807, 2.05) is 24.7 Å². The molecule has 0 spiro atoms. The summed E-state index contributed by atoms with van der Waals surface area (Å²) >= 11 is 0. The minimum absolute atomic E-state index is 0.00635. The van der Waals surface area contributed by atoms with Crippen LogP contribution in [0.3, 0.4) is 0 Å². The predicted octanol–water partition coefficient (Wildman–Crippen LogP) is 5.58. The molecule has 0 amide bonds. The predicted molar refractivity (Wildman–Crippen MR) is 129 cm³/mol. The Morgan fingerprint density at radius 3 is 2.50 bits per heavy atom. The first-order chi connectivity index (χ1) is 16.7. The highest BCUT2D eigenvalue weighted by Crippen LogP contribution is 2.29. The molecule has 0 atom stereocenters. The summed E-state index contributed by atoms with van der Waals surface area (Å²) in [6.45, 7) is 4.31. The van der Waals surface area contributed by atoms with Gasteiger partial charge in [0.2, 0.25) is 5.95 Å². The van der Waals surface area contributed by atoms with Crippen molar-refractivity contribution < 1.29 is 9.13 Å². The monoisotopic (exact) mass is 459 g/mol. The van der Waals surface area contributed by atoms with Crippen LogP contribution in [0.4, 0.5) is 10.3 Å². The molecule has 7 heteroatoms. The third-order valence-corrected chi connectivity index (χ3v) is 6.31. The molecule has 0 aliphatic carbocycles. The maximum absolute atomic E-state index is 13.7. The van der Waals surface area contributed by atoms with E-state index in [0.717, 1.165) is 44.0 Å². The molecule has 1 aliphatic heterocycles. The number of anilines is 1. The minimum Gasteiger partial charge on any atom is -0.487 e. The van der Waals surface area contributed by atoms with E-state index in [1.165, 1.54) is 42.5 Å². The molecule has 1 aromatic carbocycles. The molecule has 0 unspecified atom stereocenters. The summed E-state index contributed by atoms with van der Waals surface area (Å²) in [7, 11) is 0. The molecule has 1 fully saturated rings. The summed E-state index contributed by atoms with van der Waals surface area (Å²) in [6.07, 6.45) is 12.6. The number of unbranched alkanes of at least 4 members (excludes halogenated alkanes) is 2. The van der Waals surface area contributed by atoms with Crippen LogP contribution >= 0.6 is 0 Å². The second-order valence-electron chi connectivity index (χ2n) is 8.73. The van der Waals surface area contributed by atoms with Crippen molar-refractivity contribution in [1.29, 1.82) is 5.26 Å². The van der Waals surface area contributed by atoms with E-state index in [-0.39, 0.29) is 12.2 Å². The molecule has 1 saturated heterocycles. The Balaban J connectivity index is 1.26. The van der Waals surface area contributed by atoms with Gasteiger partial charge in [0.25, 0.3) is 0 Å². The summed E-state index contributed by atoms with van der Waals surface area (Å²) in [5, 5.41) is 8.82. The topological polar surface area (TPSA) is 74.9 Å². The van der Waals surface area contributed by atoms with Gasteiger partial charge in [-0.3, -0.25) is 4.98 Å². The lowest BCUT2D eigenvalue weighted by Gasteiger charge is -2.32. The van der Waals surface area contributed by atoms with Gasteiger partial charge in [0.1, 0.15) is 24.2 Å². The number of hydrogen-bond donors (Lipinski definition) is 0. The molecular weight excluding hydrogens is 429 g/mol. The van der Waals surface area contributed by atoms with Crippen LogP contribution in [0.15, 0.2) is 48.9 Å². The van der Waals surface area contributed by atoms with Crippen molar-refractivity contribution in [2.75, 3.05) is 18.0 Å². The van der Waals surface area contributed by atoms with Crippen molar-refractivity contribution in [3.8, 4) is 11.8 Å². The fraction of sp³-hybridized carbons (Fsp3) is 0.407. The smallest absolute Gasteiger partial charge is 0.225 e. The minimum atomic E-state index is -0.581. The van der Waals surface area contributed by atoms with Crippen LogP contribution in [-0.2, 0) is 13.0 Å². The molecule has 3 aromatic rings. The lowest BCUT2D eigenvalue weighted by atomic mass is 9.90. The number of pyridine rings is 1. The average Bonchev–Trinajstić information content (AvgIpc) is 2.89. The Bertz CT molecular complexity index is 1100. The SMILES string of the molecule is CCCCCc1cnc(N2CCC(c3ccc(COc4ccc(C#N)c(F)c4)nc3)CC2)nc1. The van der Waals surface area contributed by atoms with E-state index in [9.17, 15) is 4.39 Å². The number of halogens is 1. The van der Waals surface area contributed by atoms with Crippen LogP contribution in [0.5, 0.6) is 5.75 Å². The lowest BCUT2D eigenvalue weighted by molar-refractivity contribution is 0.299. The molecular formula is C27H30FN5O. The molecule has 0 N–H and O–H groups in total. The fourth-order valence-corrected chi connectivity index (χ4v) is 4.23. The van der Waals surface area contributed by atoms with Crippen LogP contribution in [0.2, 0.25) is 0 Å². The molecule has 0 bridgehead atoms. The molecule has 3 heterocycles. The van der Waals surface area contributed by atoms with Crippen molar-refractivity contribution in [2.45, 2.75) is 58.0 Å². The number of hydrogen-bond acceptors (Lipinski definition) is 6. The van der Waals surface area contributed by atoms with Gasteiger partial charge >= 0.3 is 0 Å². The van der Waals surface area contributed by atoms with E-state index in [2.05, 4.69) is 32.8 Å². The number of ether oxygens (including phenoxy) is 1. The average molecular weight is 460 g/mol. The zero-order chi connectivity index (χ0) is 23.8. The first kappa shape index (κ1) is 23.6. The highest BCUT2D eigenvalue weighted by molar-refractivity contribution is 5.36. The largest absolute Gasteiger partial charge is 0.487 e. The van der Waals surface area contributed by atoms with Gasteiger partial charge in [-0.1, -0.05) is 25.8 Å². The number of aryl methyl sites for hydroxylation is 1. The Kier molecular flexibility index (Phi) is 8.03. The summed E-state index contributed by atoms with van der Waals surface area (Å²) in [5.41, 5.74) is 3.22. The maximum Gasteiger partial charge on any atom is 0.225 e. The Labute approximate surface area is 200 Å². The highest BCUT2D eigenvalue weighted by Gasteiger charge is 2.22. The van der Waals surface area contributed by atoms with Gasteiger partial charge in [0.15, 0.2) is 0 Å². The number of nitriles is 1. The van der Waals surface area contributed by atoms with Crippen LogP contribution < -0.4 is 9.64 Å². The van der Waals surface area contributed by atoms with Gasteiger partial charge < -0.3 is 9.64 Å². The molecule has 2 aromatic heterocycles. The molecule has 0 radical (unpaired) electrons. The molecule has 1 aliphatic rings. The van der Waals surface area contributed by atoms with Crippen molar-refractivity contribution in [1.82, 2.24) is 15.0 Å². The number of rotatable bonds is 9. The second kappa shape index (κ2) is 11.6. The van der Waals surface area contributed by atoms with Gasteiger partial charge in [0.05, 0.1) is 11.3 Å². The van der Waals surface area contributed by atoms with Crippen molar-refractivity contribution in [3.05, 3.63) is 77.1 Å². The quantitative estimate of drug-likeness (QED) is 0.389. The number of benzene rings is 1. The zero-order valence-corrected chi connectivity index (χ0v) is 19.6. The molecule has 0 saturated carbocycles. The van der Waals surface area contributed by atoms with E-state index >= 15 is 0 Å². The third-order valence-electron chi connectivity index (χ3n) is 6.31. The van der Waals surface area contributed by atoms with Crippen molar-refractivity contribution in [3.63, 3.8) is 0 Å². The second-order valence-corrected chi connectivity index (χ2v) is 8.73. The maximum atomic E-state index is 13.7. The first-order valence-corrected chi connectivity index (χ1v) is 12.0. The molecule has 6 nitrogen and oxygen atoms in total. The van der Waals surface area contributed by atoms with E-state index in [0.29, 0.717) is 11.7 Å². The van der Waals surface area contributed by atoms with Crippen LogP contribution in [0.25, 0.3) is 0 Å². The summed E-state index contributed by atoms with van der Waals surface area (Å²) in [5.74, 6) is 1.08. The Morgan fingerprint density at radius 2 is 1.85 bits per heavy atom. The van der Waals surface area contributed by atoms with Crippen molar-refractivity contribution in [2.24, 2.45) is 0 Å². The standard InChI is InChI=1S/C27H30FN5O/c1-2-3-4-5-20-16-31-27(32-17-20)33-12-10-21(11-13-33)23-6-8-24(30-18-23)19-34-25-9-7-22(15-29)26(28)14-25/h6-9,14,16-18,21H,2-5,10-13,19H2,1H3. The lowest BCUT2D eigenvalue weighted by Crippen LogP contribution is -2.34. The summed E-state index contributed by atoms with van der Waals surface area (Å²) < 4.78 is 19.3. The Morgan fingerprint density at radius 1 is 1.06 bits per heavy atom. The van der Waals surface area contributed by atoms with Gasteiger partial charge in [-0.15, -0.1) is 0 Å². The number of aromatic nitrogens is 3. The van der Waals surface area contributed by atoms with Gasteiger partial charge in [0, 0.05) is 37.7 Å². The summed E-state index contributed by atoms with van der Waals surface area (Å²) in [4.78, 5) is 16.0. The van der Waals surface area contributed by atoms with Gasteiger partial charge in [-0.2, -0.15) is 5.26 Å². The van der Waals surface area contributed by atoms with Crippen LogP contribution in [0, 0.1) is 17.1 Å². The zero-order valence-electron chi connectivity index (χ0n) is 19.6. The third kappa shape index (κ3) is 6.07. The van der Waals surface area contributed by atoms with E-state index in [4.69, 9.17) is 10.00 Å². The molecule has 34 heavy (non-hydrogen) atoms.